The Balaban J connectivity index is 1.74. The number of nitrogens with one attached hydrogen (secondary N) is 1. The third kappa shape index (κ3) is 3.36. The van der Waals surface area contributed by atoms with Crippen LogP contribution in [0.4, 0.5) is 5.13 Å². The Bertz CT molecular complexity index is 805. The maximum Gasteiger partial charge on any atom is 0.263 e. The summed E-state index contributed by atoms with van der Waals surface area (Å²) < 4.78 is 5.41. The number of rotatable bonds is 2. The van der Waals surface area contributed by atoms with Crippen LogP contribution in [0.25, 0.3) is 0 Å². The third-order valence-corrected chi connectivity index (χ3v) is 6.39. The molecule has 1 atom stereocenters. The smallest absolute Gasteiger partial charge is 0.263 e. The zero-order chi connectivity index (χ0) is 17.4. The normalized spacial score (nSPS) is 20.8. The average molecular weight is 398 g/mol. The number of amides is 1. The maximum absolute atomic E-state index is 12.5. The first-order valence-corrected chi connectivity index (χ1v) is 9.77. The van der Waals surface area contributed by atoms with Gasteiger partial charge in [-0.15, -0.1) is 0 Å². The quantitative estimate of drug-likeness (QED) is 0.841. The van der Waals surface area contributed by atoms with Gasteiger partial charge < -0.3 is 15.0 Å². The number of halogens is 2. The van der Waals surface area contributed by atoms with E-state index in [0.29, 0.717) is 34.7 Å². The van der Waals surface area contributed by atoms with E-state index in [1.54, 1.807) is 6.07 Å². The van der Waals surface area contributed by atoms with Crippen molar-refractivity contribution in [1.29, 1.82) is 0 Å². The van der Waals surface area contributed by atoms with Gasteiger partial charge in [-0.3, -0.25) is 4.79 Å². The molecular formula is C17H17Cl2N3O2S. The topological polar surface area (TPSA) is 54.5 Å². The molecule has 132 valence electrons. The van der Waals surface area contributed by atoms with Crippen molar-refractivity contribution in [2.75, 3.05) is 37.7 Å². The van der Waals surface area contributed by atoms with Crippen molar-refractivity contribution >= 4 is 45.6 Å². The molecule has 0 spiro atoms. The van der Waals surface area contributed by atoms with Gasteiger partial charge in [-0.1, -0.05) is 40.6 Å². The molecule has 2 aliphatic heterocycles. The molecule has 1 amide bonds. The molecular weight excluding hydrogens is 381 g/mol. The molecule has 1 saturated heterocycles. The van der Waals surface area contributed by atoms with E-state index >= 15 is 0 Å². The van der Waals surface area contributed by atoms with Gasteiger partial charge in [0.2, 0.25) is 0 Å². The van der Waals surface area contributed by atoms with Crippen molar-refractivity contribution in [2.45, 2.75) is 12.3 Å². The number of thiazole rings is 1. The zero-order valence-corrected chi connectivity index (χ0v) is 15.8. The van der Waals surface area contributed by atoms with Crippen LogP contribution < -0.4 is 10.2 Å². The highest BCUT2D eigenvalue weighted by Crippen LogP contribution is 2.39. The molecule has 4 rings (SSSR count). The standard InChI is InChI=1S/C17H17Cl2N3O2S/c18-12-2-1-10(9-13(12)19)11-3-4-20-16(23)15-14(11)21-17(25-15)22-5-7-24-8-6-22/h1-2,9,11H,3-8H2,(H,20,23). The van der Waals surface area contributed by atoms with Crippen LogP contribution in [-0.2, 0) is 4.74 Å². The molecule has 0 saturated carbocycles. The van der Waals surface area contributed by atoms with Crippen molar-refractivity contribution in [3.8, 4) is 0 Å². The number of hydrogen-bond acceptors (Lipinski definition) is 5. The number of anilines is 1. The van der Waals surface area contributed by atoms with E-state index in [1.807, 2.05) is 12.1 Å². The molecule has 25 heavy (non-hydrogen) atoms. The molecule has 1 unspecified atom stereocenters. The number of nitrogens with zero attached hydrogens (tertiary/aromatic N) is 2. The lowest BCUT2D eigenvalue weighted by Crippen LogP contribution is -2.36. The number of aromatic nitrogens is 1. The highest BCUT2D eigenvalue weighted by Gasteiger charge is 2.30. The molecule has 0 radical (unpaired) electrons. The molecule has 2 aromatic rings. The van der Waals surface area contributed by atoms with Crippen LogP contribution in [-0.4, -0.2) is 43.7 Å². The number of morpholine rings is 1. The Morgan fingerprint density at radius 1 is 1.24 bits per heavy atom. The zero-order valence-electron chi connectivity index (χ0n) is 13.4. The molecule has 0 bridgehead atoms. The number of hydrogen-bond donors (Lipinski definition) is 1. The lowest BCUT2D eigenvalue weighted by molar-refractivity contribution is 0.0960. The number of ether oxygens (including phenoxy) is 1. The van der Waals surface area contributed by atoms with Crippen LogP contribution in [0, 0.1) is 0 Å². The number of benzene rings is 1. The van der Waals surface area contributed by atoms with Crippen LogP contribution in [0.1, 0.15) is 33.3 Å². The monoisotopic (exact) mass is 397 g/mol. The summed E-state index contributed by atoms with van der Waals surface area (Å²) in [6.45, 7) is 3.58. The second-order valence-corrected chi connectivity index (χ2v) is 7.87. The van der Waals surface area contributed by atoms with E-state index in [2.05, 4.69) is 10.2 Å². The van der Waals surface area contributed by atoms with E-state index in [0.717, 1.165) is 35.9 Å². The van der Waals surface area contributed by atoms with Crippen LogP contribution in [0.15, 0.2) is 18.2 Å². The van der Waals surface area contributed by atoms with Crippen molar-refractivity contribution in [2.24, 2.45) is 0 Å². The molecule has 3 heterocycles. The fourth-order valence-corrected chi connectivity index (χ4v) is 4.61. The first-order valence-electron chi connectivity index (χ1n) is 8.20. The highest BCUT2D eigenvalue weighted by atomic mass is 35.5. The predicted molar refractivity (Wildman–Crippen MR) is 100 cm³/mol. The minimum atomic E-state index is -0.0467. The van der Waals surface area contributed by atoms with Crippen LogP contribution in [0.2, 0.25) is 10.0 Å². The van der Waals surface area contributed by atoms with Gasteiger partial charge in [0.05, 0.1) is 29.0 Å². The summed E-state index contributed by atoms with van der Waals surface area (Å²) in [6, 6.07) is 5.64. The van der Waals surface area contributed by atoms with Crippen molar-refractivity contribution in [3.63, 3.8) is 0 Å². The molecule has 0 aliphatic carbocycles. The first kappa shape index (κ1) is 17.1. The number of carbonyl (C=O) groups is 1. The third-order valence-electron chi connectivity index (χ3n) is 4.52. The summed E-state index contributed by atoms with van der Waals surface area (Å²) >= 11 is 13.7. The minimum absolute atomic E-state index is 0.0229. The molecule has 1 fully saturated rings. The van der Waals surface area contributed by atoms with Crippen molar-refractivity contribution in [3.05, 3.63) is 44.4 Å². The van der Waals surface area contributed by atoms with Gasteiger partial charge >= 0.3 is 0 Å². The van der Waals surface area contributed by atoms with Gasteiger partial charge in [0.25, 0.3) is 5.91 Å². The Labute approximate surface area is 159 Å². The summed E-state index contributed by atoms with van der Waals surface area (Å²) in [5, 5.41) is 4.91. The van der Waals surface area contributed by atoms with E-state index in [9.17, 15) is 4.79 Å². The van der Waals surface area contributed by atoms with E-state index in [-0.39, 0.29) is 11.8 Å². The minimum Gasteiger partial charge on any atom is -0.378 e. The SMILES string of the molecule is O=C1NCCC(c2ccc(Cl)c(Cl)c2)c2nc(N3CCOCC3)sc21. The van der Waals surface area contributed by atoms with E-state index in [4.69, 9.17) is 32.9 Å². The van der Waals surface area contributed by atoms with Crippen LogP contribution >= 0.6 is 34.5 Å². The maximum atomic E-state index is 12.5. The summed E-state index contributed by atoms with van der Waals surface area (Å²) in [5.74, 6) is -0.0238. The number of carbonyl (C=O) groups excluding carboxylic acids is 1. The molecule has 8 heteroatoms. The summed E-state index contributed by atoms with van der Waals surface area (Å²) in [7, 11) is 0. The van der Waals surface area contributed by atoms with Gasteiger partial charge in [-0.25, -0.2) is 4.98 Å². The Hall–Kier alpha value is -1.34. The van der Waals surface area contributed by atoms with Gasteiger partial charge in [0.15, 0.2) is 5.13 Å². The van der Waals surface area contributed by atoms with Crippen LogP contribution in [0.5, 0.6) is 0 Å². The predicted octanol–water partition coefficient (Wildman–Crippen LogP) is 3.55. The van der Waals surface area contributed by atoms with Gasteiger partial charge in [-0.05, 0) is 24.1 Å². The Morgan fingerprint density at radius 2 is 2.04 bits per heavy atom. The molecule has 5 nitrogen and oxygen atoms in total. The van der Waals surface area contributed by atoms with E-state index < -0.39 is 0 Å². The van der Waals surface area contributed by atoms with Crippen molar-refractivity contribution in [1.82, 2.24) is 10.3 Å². The Kier molecular flexibility index (Phi) is 4.86. The lowest BCUT2D eigenvalue weighted by Gasteiger charge is -2.26. The molecule has 1 aromatic carbocycles. The molecule has 2 aliphatic rings. The summed E-state index contributed by atoms with van der Waals surface area (Å²) in [5.41, 5.74) is 1.87. The second kappa shape index (κ2) is 7.11. The Morgan fingerprint density at radius 3 is 2.80 bits per heavy atom. The largest absolute Gasteiger partial charge is 0.378 e. The fourth-order valence-electron chi connectivity index (χ4n) is 3.21. The van der Waals surface area contributed by atoms with Gasteiger partial charge in [-0.2, -0.15) is 0 Å². The molecule has 1 N–H and O–H groups in total. The fraction of sp³-hybridized carbons (Fsp3) is 0.412. The molecule has 1 aromatic heterocycles. The number of fused-ring (bicyclic) bond motifs is 1. The van der Waals surface area contributed by atoms with Gasteiger partial charge in [0, 0.05) is 25.6 Å². The lowest BCUT2D eigenvalue weighted by atomic mass is 9.92. The van der Waals surface area contributed by atoms with E-state index in [1.165, 1.54) is 11.3 Å². The second-order valence-electron chi connectivity index (χ2n) is 6.08. The summed E-state index contributed by atoms with van der Waals surface area (Å²) in [6.07, 6.45) is 0.781. The van der Waals surface area contributed by atoms with Gasteiger partial charge in [0.1, 0.15) is 4.88 Å². The highest BCUT2D eigenvalue weighted by molar-refractivity contribution is 7.17. The first-order chi connectivity index (χ1) is 12.1. The van der Waals surface area contributed by atoms with Crippen molar-refractivity contribution < 1.29 is 9.53 Å². The summed E-state index contributed by atoms with van der Waals surface area (Å²) in [4.78, 5) is 20.2. The van der Waals surface area contributed by atoms with Crippen LogP contribution in [0.3, 0.4) is 0 Å². The average Bonchev–Trinajstić information content (AvgIpc) is 3.01.